The number of benzene rings is 2. The van der Waals surface area contributed by atoms with Crippen LogP contribution in [0.5, 0.6) is 5.75 Å². The van der Waals surface area contributed by atoms with Gasteiger partial charge in [-0.15, -0.1) is 9.36 Å². The standard InChI is InChI=1S/C10H12N2O.C9H10NS.C8H13N2O.C7H11N2O.3C7H10N.C5H10N3.3CH4/c1-7-9(13)5-4-8-6-11(2)12(3)10(7)8;1-7-10(2)8-5-3-4-6-9(8)11-7;1-6-5-7(2)10(4)8(11)9(6)3;1-6-4-5-8(2)7(10)9(6)3;1-7-3-5-8(2)6-4-7;1-7-4-3-5-8(2)6-7;1-7-5-3-4-6-8(7)2;1-5-7(2)4-6-8(5)3;;;/h4-6H,1-3H3;3-6H,1-2H3;5H,1-4H3;4-5H,1-3H3;3*3-6H,1-2H3;4H,1-3H3;3*1H4/q;7*+1;;;/p+1. The fourth-order valence-electron chi connectivity index (χ4n) is 7.19. The molecule has 16 nitrogen and oxygen atoms in total. The molecule has 0 bridgehead atoms. The van der Waals surface area contributed by atoms with E-state index in [2.05, 4.69) is 104 Å². The van der Waals surface area contributed by atoms with Crippen molar-refractivity contribution < 1.29 is 41.8 Å². The molecule has 0 aliphatic rings. The van der Waals surface area contributed by atoms with Crippen molar-refractivity contribution in [2.75, 3.05) is 0 Å². The fourth-order valence-corrected chi connectivity index (χ4v) is 8.20. The van der Waals surface area contributed by atoms with Crippen molar-refractivity contribution in [3.8, 4) is 5.75 Å². The molecule has 0 unspecified atom stereocenters. The minimum atomic E-state index is 0. The molecule has 8 heterocycles. The van der Waals surface area contributed by atoms with Gasteiger partial charge >= 0.3 is 11.4 Å². The molecule has 8 aromatic heterocycles. The van der Waals surface area contributed by atoms with Crippen LogP contribution in [0.25, 0.3) is 21.1 Å². The Balaban J connectivity index is 0.000000892. The van der Waals surface area contributed by atoms with Crippen LogP contribution in [0.4, 0.5) is 0 Å². The fraction of sp³-hybridized carbons (Fsp3) is 0.381. The van der Waals surface area contributed by atoms with Gasteiger partial charge in [-0.2, -0.15) is 32.5 Å². The number of pyridine rings is 3. The summed E-state index contributed by atoms with van der Waals surface area (Å²) >= 11 is 1.84. The zero-order chi connectivity index (χ0) is 57.8. The smallest absolute Gasteiger partial charge is 0.497 e. The lowest BCUT2D eigenvalue weighted by Crippen LogP contribution is -2.53. The Labute approximate surface area is 482 Å². The van der Waals surface area contributed by atoms with Crippen LogP contribution in [0.2, 0.25) is 0 Å². The van der Waals surface area contributed by atoms with Crippen LogP contribution in [-0.2, 0) is 84.6 Å². The van der Waals surface area contributed by atoms with Gasteiger partial charge in [-0.1, -0.05) is 51.8 Å². The van der Waals surface area contributed by atoms with Crippen molar-refractivity contribution in [3.05, 3.63) is 212 Å². The van der Waals surface area contributed by atoms with E-state index in [1.54, 1.807) is 65.0 Å². The third-order valence-electron chi connectivity index (χ3n) is 13.1. The van der Waals surface area contributed by atoms with Gasteiger partial charge in [0.25, 0.3) is 6.33 Å². The molecule has 0 aliphatic heterocycles. The van der Waals surface area contributed by atoms with E-state index in [-0.39, 0.29) is 33.7 Å². The topological polar surface area (TPSA) is 118 Å². The molecule has 1 N–H and O–H groups in total. The molecule has 80 heavy (non-hydrogen) atoms. The quantitative estimate of drug-likeness (QED) is 0.179. The van der Waals surface area contributed by atoms with Crippen LogP contribution >= 0.6 is 11.3 Å². The average molecular weight is 1120 g/mol. The normalized spacial score (nSPS) is 9.66. The predicted molar refractivity (Wildman–Crippen MR) is 325 cm³/mol. The molecular formula is C63H99N13O3S+8. The molecule has 10 aromatic rings. The maximum atomic E-state index is 11.3. The molecule has 432 valence electrons. The lowest BCUT2D eigenvalue weighted by molar-refractivity contribution is -0.748. The van der Waals surface area contributed by atoms with Gasteiger partial charge in [-0.3, -0.25) is 0 Å². The van der Waals surface area contributed by atoms with Crippen molar-refractivity contribution in [1.29, 1.82) is 0 Å². The van der Waals surface area contributed by atoms with Gasteiger partial charge in [-0.25, -0.2) is 22.8 Å². The molecule has 0 saturated carbocycles. The number of thiazole rings is 1. The van der Waals surface area contributed by atoms with Gasteiger partial charge in [-0.05, 0) is 71.4 Å². The summed E-state index contributed by atoms with van der Waals surface area (Å²) in [6.07, 6.45) is 15.8. The highest BCUT2D eigenvalue weighted by molar-refractivity contribution is 7.18. The molecule has 0 atom stereocenters. The van der Waals surface area contributed by atoms with E-state index in [1.807, 2.05) is 190 Å². The van der Waals surface area contributed by atoms with Crippen molar-refractivity contribution in [2.45, 2.75) is 84.6 Å². The summed E-state index contributed by atoms with van der Waals surface area (Å²) in [5.74, 6) is 1.51. The van der Waals surface area contributed by atoms with E-state index < -0.39 is 0 Å². The number of hydrogen-bond donors (Lipinski definition) is 1. The minimum Gasteiger partial charge on any atom is -0.508 e. The van der Waals surface area contributed by atoms with Gasteiger partial charge in [0.1, 0.15) is 61.2 Å². The Bertz CT molecular complexity index is 3520. The summed E-state index contributed by atoms with van der Waals surface area (Å²) in [6, 6.07) is 30.5. The number of rotatable bonds is 0. The van der Waals surface area contributed by atoms with E-state index in [1.165, 1.54) is 32.0 Å². The number of aryl methyl sites for hydroxylation is 17. The van der Waals surface area contributed by atoms with Gasteiger partial charge in [0, 0.05) is 85.5 Å². The molecule has 17 heteroatoms. The SMILES string of the molecule is C.C.C.Cc1c(O)ccc2c[n+](C)n(C)c12.Cc1cc(C)[n+](C)c(=O)n1C.Cc1cc[n+](C)c(=O)n1C.Cc1cc[n+](C)cc1.Cc1ccc[n+](C)c1.Cc1cccc[n+]1C.Cc1n(C)nc[n+]1C.Cc1sc2ccccc2[n+]1C. The number of para-hydroxylation sites is 1. The zero-order valence-electron chi connectivity index (χ0n) is 49.8. The van der Waals surface area contributed by atoms with Crippen LogP contribution in [-0.4, -0.2) is 28.7 Å². The summed E-state index contributed by atoms with van der Waals surface area (Å²) in [7, 11) is 23.1. The molecule has 0 fully saturated rings. The predicted octanol–water partition coefficient (Wildman–Crippen LogP) is 6.32. The highest BCUT2D eigenvalue weighted by Gasteiger charge is 2.14. The second kappa shape index (κ2) is 34.1. The van der Waals surface area contributed by atoms with Gasteiger partial charge in [0.2, 0.25) is 22.5 Å². The Kier molecular flexibility index (Phi) is 30.6. The summed E-state index contributed by atoms with van der Waals surface area (Å²) < 4.78 is 24.0. The van der Waals surface area contributed by atoms with Crippen molar-refractivity contribution >= 4 is 32.5 Å². The molecule has 0 saturated heterocycles. The maximum Gasteiger partial charge on any atom is 0.497 e. The molecule has 10 rings (SSSR count). The molecule has 0 spiro atoms. The first-order chi connectivity index (χ1) is 36.2. The van der Waals surface area contributed by atoms with Crippen LogP contribution in [0.1, 0.15) is 72.6 Å². The van der Waals surface area contributed by atoms with E-state index >= 15 is 0 Å². The number of phenolic OH excluding ortho intramolecular Hbond substituents is 1. The first kappa shape index (κ1) is 72.0. The van der Waals surface area contributed by atoms with Gasteiger partial charge in [0.15, 0.2) is 43.7 Å². The highest BCUT2D eigenvalue weighted by atomic mass is 32.1. The van der Waals surface area contributed by atoms with Crippen LogP contribution in [0, 0.1) is 62.3 Å². The van der Waals surface area contributed by atoms with E-state index in [0.29, 0.717) is 5.75 Å². The number of hydrogen-bond acceptors (Lipinski definition) is 5. The van der Waals surface area contributed by atoms with Crippen molar-refractivity contribution in [3.63, 3.8) is 0 Å². The van der Waals surface area contributed by atoms with Crippen LogP contribution in [0.15, 0.2) is 150 Å². The molecular weight excluding hydrogens is 1020 g/mol. The highest BCUT2D eigenvalue weighted by Crippen LogP contribution is 2.24. The third kappa shape index (κ3) is 21.3. The first-order valence-electron chi connectivity index (χ1n) is 25.3. The number of aromatic hydroxyl groups is 1. The number of fused-ring (bicyclic) bond motifs is 2. The summed E-state index contributed by atoms with van der Waals surface area (Å²) in [6.45, 7) is 18.1. The first-order valence-corrected chi connectivity index (χ1v) is 26.1. The number of phenols is 1. The minimum absolute atomic E-state index is 0. The molecule has 0 amide bonds. The summed E-state index contributed by atoms with van der Waals surface area (Å²) in [5.41, 5.74) is 10.2. The second-order valence-electron chi connectivity index (χ2n) is 19.2. The monoisotopic (exact) mass is 1120 g/mol. The molecule has 0 aliphatic carbocycles. The van der Waals surface area contributed by atoms with Crippen LogP contribution in [0.3, 0.4) is 0 Å². The van der Waals surface area contributed by atoms with Crippen LogP contribution < -0.4 is 48.0 Å². The molecule has 0 radical (unpaired) electrons. The third-order valence-corrected chi connectivity index (χ3v) is 14.3. The summed E-state index contributed by atoms with van der Waals surface area (Å²) in [4.78, 5) is 22.5. The Hall–Kier alpha value is -8.05. The Morgan fingerprint density at radius 1 is 0.525 bits per heavy atom. The second-order valence-corrected chi connectivity index (χ2v) is 20.4. The summed E-state index contributed by atoms with van der Waals surface area (Å²) in [5, 5.41) is 16.0. The number of aromatic nitrogens is 13. The lowest BCUT2D eigenvalue weighted by atomic mass is 10.1. The van der Waals surface area contributed by atoms with E-state index in [0.717, 1.165) is 39.4 Å². The average Bonchev–Trinajstić information content (AvgIpc) is 3.99. The van der Waals surface area contributed by atoms with Crippen molar-refractivity contribution in [2.24, 2.45) is 84.6 Å². The Morgan fingerprint density at radius 3 is 1.60 bits per heavy atom. The van der Waals surface area contributed by atoms with Gasteiger partial charge < -0.3 is 5.11 Å². The largest absolute Gasteiger partial charge is 0.508 e. The van der Waals surface area contributed by atoms with E-state index in [4.69, 9.17) is 0 Å². The maximum absolute atomic E-state index is 11.3. The Morgan fingerprint density at radius 2 is 1.12 bits per heavy atom. The number of nitrogens with zero attached hydrogens (tertiary/aromatic N) is 13. The van der Waals surface area contributed by atoms with Gasteiger partial charge in [0.05, 0.1) is 60.9 Å². The zero-order valence-corrected chi connectivity index (χ0v) is 50.6. The van der Waals surface area contributed by atoms with E-state index in [9.17, 15) is 14.7 Å². The van der Waals surface area contributed by atoms with Crippen molar-refractivity contribution in [1.82, 2.24) is 23.6 Å². The molecule has 2 aromatic carbocycles. The lowest BCUT2D eigenvalue weighted by Gasteiger charge is -1.99.